The van der Waals surface area contributed by atoms with Gasteiger partial charge < -0.3 is 14.2 Å². The number of carbonyl (C=O) groups is 1. The molecule has 0 spiro atoms. The van der Waals surface area contributed by atoms with E-state index in [2.05, 4.69) is 17.9 Å². The zero-order valence-electron chi connectivity index (χ0n) is 13.2. The van der Waals surface area contributed by atoms with Gasteiger partial charge in [0.1, 0.15) is 5.75 Å². The second-order valence-corrected chi connectivity index (χ2v) is 4.19. The molecule has 1 unspecified atom stereocenters. The SMILES string of the molecule is C=C(C)C(=O)OC.C=Cc1ccc(OC(C)OCC)cc1. The maximum Gasteiger partial charge on any atom is 0.332 e. The second kappa shape index (κ2) is 10.7. The molecule has 1 aromatic carbocycles. The predicted octanol–water partition coefficient (Wildman–Crippen LogP) is 3.83. The van der Waals surface area contributed by atoms with E-state index in [0.29, 0.717) is 12.2 Å². The molecular weight excluding hydrogens is 268 g/mol. The van der Waals surface area contributed by atoms with E-state index in [1.807, 2.05) is 38.1 Å². The van der Waals surface area contributed by atoms with Crippen LogP contribution in [-0.4, -0.2) is 26.0 Å². The van der Waals surface area contributed by atoms with E-state index in [1.165, 1.54) is 7.11 Å². The van der Waals surface area contributed by atoms with Crippen molar-refractivity contribution in [2.45, 2.75) is 27.1 Å². The normalized spacial score (nSPS) is 10.7. The highest BCUT2D eigenvalue weighted by Gasteiger charge is 2.01. The van der Waals surface area contributed by atoms with Crippen LogP contribution in [0.15, 0.2) is 43.0 Å². The van der Waals surface area contributed by atoms with Crippen LogP contribution in [0, 0.1) is 0 Å². The molecule has 0 saturated carbocycles. The number of esters is 1. The van der Waals surface area contributed by atoms with Crippen molar-refractivity contribution in [2.75, 3.05) is 13.7 Å². The quantitative estimate of drug-likeness (QED) is 0.454. The van der Waals surface area contributed by atoms with E-state index in [9.17, 15) is 4.79 Å². The first kappa shape index (κ1) is 18.9. The molecule has 0 aliphatic carbocycles. The van der Waals surface area contributed by atoms with Gasteiger partial charge in [0.15, 0.2) is 6.29 Å². The summed E-state index contributed by atoms with van der Waals surface area (Å²) in [6.45, 7) is 13.1. The Balaban J connectivity index is 0.000000486. The number of hydrogen-bond acceptors (Lipinski definition) is 4. The summed E-state index contributed by atoms with van der Waals surface area (Å²) in [6, 6.07) is 7.74. The average molecular weight is 292 g/mol. The minimum atomic E-state index is -0.347. The fourth-order valence-electron chi connectivity index (χ4n) is 1.32. The summed E-state index contributed by atoms with van der Waals surface area (Å²) in [7, 11) is 1.33. The Kier molecular flexibility index (Phi) is 9.63. The highest BCUT2D eigenvalue weighted by molar-refractivity contribution is 5.86. The Morgan fingerprint density at radius 1 is 1.33 bits per heavy atom. The van der Waals surface area contributed by atoms with Crippen molar-refractivity contribution in [3.05, 3.63) is 48.6 Å². The molecule has 0 aliphatic rings. The molecule has 116 valence electrons. The van der Waals surface area contributed by atoms with Crippen molar-refractivity contribution >= 4 is 12.0 Å². The lowest BCUT2D eigenvalue weighted by Crippen LogP contribution is -2.15. The number of benzene rings is 1. The molecule has 1 rings (SSSR count). The van der Waals surface area contributed by atoms with Gasteiger partial charge in [0.2, 0.25) is 0 Å². The standard InChI is InChI=1S/C12H16O2.C5H8O2/c1-4-11-6-8-12(9-7-11)14-10(3)13-5-2;1-4(2)5(6)7-3/h4,6-10H,1,5H2,2-3H3;1H2,2-3H3. The lowest BCUT2D eigenvalue weighted by Gasteiger charge is -2.14. The molecule has 0 amide bonds. The van der Waals surface area contributed by atoms with Crippen LogP contribution >= 0.6 is 0 Å². The number of carbonyl (C=O) groups excluding carboxylic acids is 1. The first-order valence-corrected chi connectivity index (χ1v) is 6.69. The Morgan fingerprint density at radius 2 is 1.90 bits per heavy atom. The van der Waals surface area contributed by atoms with E-state index >= 15 is 0 Å². The first-order chi connectivity index (χ1) is 9.94. The van der Waals surface area contributed by atoms with Gasteiger partial charge in [-0.15, -0.1) is 0 Å². The molecular formula is C17H24O4. The van der Waals surface area contributed by atoms with E-state index in [1.54, 1.807) is 13.0 Å². The molecule has 0 heterocycles. The summed E-state index contributed by atoms with van der Waals surface area (Å²) in [4.78, 5) is 10.2. The van der Waals surface area contributed by atoms with Crippen molar-refractivity contribution in [2.24, 2.45) is 0 Å². The van der Waals surface area contributed by atoms with Gasteiger partial charge in [-0.2, -0.15) is 0 Å². The molecule has 1 atom stereocenters. The largest absolute Gasteiger partial charge is 0.466 e. The third kappa shape index (κ3) is 8.65. The van der Waals surface area contributed by atoms with Gasteiger partial charge in [0.25, 0.3) is 0 Å². The summed E-state index contributed by atoms with van der Waals surface area (Å²) in [5, 5.41) is 0. The van der Waals surface area contributed by atoms with Crippen LogP contribution in [0.4, 0.5) is 0 Å². The number of methoxy groups -OCH3 is 1. The smallest absolute Gasteiger partial charge is 0.332 e. The number of ether oxygens (including phenoxy) is 3. The molecule has 0 N–H and O–H groups in total. The Labute approximate surface area is 127 Å². The molecule has 0 bridgehead atoms. The molecule has 4 nitrogen and oxygen atoms in total. The van der Waals surface area contributed by atoms with Gasteiger partial charge in [0.05, 0.1) is 7.11 Å². The third-order valence-electron chi connectivity index (χ3n) is 2.35. The van der Waals surface area contributed by atoms with Crippen LogP contribution < -0.4 is 4.74 Å². The lowest BCUT2D eigenvalue weighted by molar-refractivity contribution is -0.136. The molecule has 4 heteroatoms. The summed E-state index contributed by atoms with van der Waals surface area (Å²) < 4.78 is 15.0. The maximum absolute atomic E-state index is 10.2. The highest BCUT2D eigenvalue weighted by Crippen LogP contribution is 2.14. The minimum absolute atomic E-state index is 0.199. The van der Waals surface area contributed by atoms with Crippen molar-refractivity contribution in [1.29, 1.82) is 0 Å². The topological polar surface area (TPSA) is 44.8 Å². The number of hydrogen-bond donors (Lipinski definition) is 0. The summed E-state index contributed by atoms with van der Waals surface area (Å²) >= 11 is 0. The monoisotopic (exact) mass is 292 g/mol. The van der Waals surface area contributed by atoms with Crippen LogP contribution in [-0.2, 0) is 14.3 Å². The molecule has 0 aromatic heterocycles. The van der Waals surface area contributed by atoms with E-state index in [0.717, 1.165) is 11.3 Å². The Morgan fingerprint density at radius 3 is 2.24 bits per heavy atom. The highest BCUT2D eigenvalue weighted by atomic mass is 16.7. The summed E-state index contributed by atoms with van der Waals surface area (Å²) in [6.07, 6.45) is 1.60. The van der Waals surface area contributed by atoms with E-state index in [-0.39, 0.29) is 12.3 Å². The van der Waals surface area contributed by atoms with Gasteiger partial charge in [-0.25, -0.2) is 4.79 Å². The van der Waals surface area contributed by atoms with Crippen LogP contribution in [0.25, 0.3) is 6.08 Å². The molecule has 21 heavy (non-hydrogen) atoms. The van der Waals surface area contributed by atoms with Crippen molar-refractivity contribution in [3.8, 4) is 5.75 Å². The second-order valence-electron chi connectivity index (χ2n) is 4.19. The van der Waals surface area contributed by atoms with Crippen LogP contribution in [0.2, 0.25) is 0 Å². The fourth-order valence-corrected chi connectivity index (χ4v) is 1.32. The number of rotatable bonds is 6. The van der Waals surface area contributed by atoms with Gasteiger partial charge in [-0.3, -0.25) is 0 Å². The third-order valence-corrected chi connectivity index (χ3v) is 2.35. The zero-order valence-corrected chi connectivity index (χ0v) is 13.2. The molecule has 0 radical (unpaired) electrons. The van der Waals surface area contributed by atoms with E-state index < -0.39 is 0 Å². The van der Waals surface area contributed by atoms with Gasteiger partial charge in [-0.1, -0.05) is 31.4 Å². The van der Waals surface area contributed by atoms with Crippen molar-refractivity contribution < 1.29 is 19.0 Å². The molecule has 1 aromatic rings. The Bertz CT molecular complexity index is 448. The van der Waals surface area contributed by atoms with Crippen LogP contribution in [0.5, 0.6) is 5.75 Å². The summed E-state index contributed by atoms with van der Waals surface area (Å²) in [5.74, 6) is 0.469. The van der Waals surface area contributed by atoms with Crippen molar-refractivity contribution in [1.82, 2.24) is 0 Å². The predicted molar refractivity (Wildman–Crippen MR) is 85.1 cm³/mol. The fraction of sp³-hybridized carbons (Fsp3) is 0.353. The zero-order chi connectivity index (χ0) is 16.3. The lowest BCUT2D eigenvalue weighted by atomic mass is 10.2. The first-order valence-electron chi connectivity index (χ1n) is 6.69. The van der Waals surface area contributed by atoms with Gasteiger partial charge in [0, 0.05) is 12.2 Å². The van der Waals surface area contributed by atoms with Gasteiger partial charge >= 0.3 is 5.97 Å². The van der Waals surface area contributed by atoms with Gasteiger partial charge in [-0.05, 0) is 38.5 Å². The molecule has 0 fully saturated rings. The Hall–Kier alpha value is -2.07. The molecule has 0 saturated heterocycles. The average Bonchev–Trinajstić information content (AvgIpc) is 2.48. The molecule has 0 aliphatic heterocycles. The maximum atomic E-state index is 10.2. The van der Waals surface area contributed by atoms with E-state index in [4.69, 9.17) is 9.47 Å². The van der Waals surface area contributed by atoms with Crippen LogP contribution in [0.3, 0.4) is 0 Å². The summed E-state index contributed by atoms with van der Waals surface area (Å²) in [5.41, 5.74) is 1.52. The van der Waals surface area contributed by atoms with Crippen molar-refractivity contribution in [3.63, 3.8) is 0 Å². The minimum Gasteiger partial charge on any atom is -0.466 e. The van der Waals surface area contributed by atoms with Crippen LogP contribution in [0.1, 0.15) is 26.3 Å².